The molecular weight excluding hydrogens is 527 g/mol. The number of aromatic nitrogens is 2. The van der Waals surface area contributed by atoms with Crippen molar-refractivity contribution in [2.45, 2.75) is 51.4 Å². The van der Waals surface area contributed by atoms with Crippen LogP contribution in [-0.2, 0) is 39.0 Å². The molecule has 1 saturated carbocycles. The Balaban J connectivity index is 1.53. The van der Waals surface area contributed by atoms with Crippen LogP contribution in [0.15, 0.2) is 36.4 Å². The molecule has 7 nitrogen and oxygen atoms in total. The summed E-state index contributed by atoms with van der Waals surface area (Å²) in [7, 11) is -3.88. The molecule has 1 aromatic heterocycles. The number of halogens is 3. The maximum Gasteiger partial charge on any atom is 0.416 e. The molecule has 196 valence electrons. The largest absolute Gasteiger partial charge is 0.416 e. The zero-order valence-electron chi connectivity index (χ0n) is 20.3. The highest BCUT2D eigenvalue weighted by Crippen LogP contribution is 2.53. The topological polar surface area (TPSA) is 89.5 Å². The highest BCUT2D eigenvalue weighted by atomic mass is 32.2. The van der Waals surface area contributed by atoms with Gasteiger partial charge < -0.3 is 4.90 Å². The monoisotopic (exact) mass is 551 g/mol. The zero-order chi connectivity index (χ0) is 26.8. The second kappa shape index (κ2) is 8.88. The van der Waals surface area contributed by atoms with Crippen LogP contribution >= 0.6 is 11.5 Å². The number of alkyl halides is 3. The fourth-order valence-corrected chi connectivity index (χ4v) is 6.44. The summed E-state index contributed by atoms with van der Waals surface area (Å²) in [6.45, 7) is 3.28. The molecule has 0 radical (unpaired) electrons. The Kier molecular flexibility index (Phi) is 6.19. The van der Waals surface area contributed by atoms with Crippen LogP contribution in [0.25, 0.3) is 0 Å². The number of nitrogens with zero attached hydrogens (tertiary/aromatic N) is 3. The molecule has 1 fully saturated rings. The van der Waals surface area contributed by atoms with E-state index >= 15 is 0 Å². The van der Waals surface area contributed by atoms with Gasteiger partial charge in [0.25, 0.3) is 16.0 Å². The van der Waals surface area contributed by atoms with Crippen molar-refractivity contribution in [1.29, 1.82) is 0 Å². The van der Waals surface area contributed by atoms with Crippen molar-refractivity contribution in [3.05, 3.63) is 74.8 Å². The molecule has 1 aliphatic carbocycles. The van der Waals surface area contributed by atoms with Crippen LogP contribution in [0.1, 0.15) is 62.9 Å². The summed E-state index contributed by atoms with van der Waals surface area (Å²) in [6.07, 6.45) is -2.20. The molecule has 0 atom stereocenters. The summed E-state index contributed by atoms with van der Waals surface area (Å²) in [5, 5.41) is 4.39. The van der Waals surface area contributed by atoms with E-state index in [1.807, 2.05) is 19.1 Å². The number of benzene rings is 2. The first-order valence-corrected chi connectivity index (χ1v) is 14.2. The Bertz CT molecular complexity index is 1500. The van der Waals surface area contributed by atoms with Crippen LogP contribution in [0.3, 0.4) is 0 Å². The standard InChI is InChI=1S/C25H24F3N3O4S2/c1-14-10-24(11-14,22-15(2)36-30-29-22)17-5-4-6-18(9-17)31-12-20-19(23(31)32)7-16(13-35-37(3,33)34)8-21(20)25(26,27)28/h4-9,14H,10-13H2,1-3H3. The molecule has 1 amide bonds. The third-order valence-corrected chi connectivity index (χ3v) is 8.23. The fourth-order valence-electron chi connectivity index (χ4n) is 5.52. The van der Waals surface area contributed by atoms with Crippen molar-refractivity contribution in [2.24, 2.45) is 5.92 Å². The van der Waals surface area contributed by atoms with Crippen molar-refractivity contribution in [3.8, 4) is 0 Å². The molecule has 0 bridgehead atoms. The molecule has 0 unspecified atom stereocenters. The Morgan fingerprint density at radius 2 is 1.95 bits per heavy atom. The number of anilines is 1. The van der Waals surface area contributed by atoms with E-state index in [2.05, 4.69) is 20.7 Å². The Hall–Kier alpha value is -2.83. The minimum Gasteiger partial charge on any atom is -0.304 e. The maximum atomic E-state index is 14.0. The molecule has 2 aromatic carbocycles. The average Bonchev–Trinajstić information content (AvgIpc) is 3.37. The maximum absolute atomic E-state index is 14.0. The van der Waals surface area contributed by atoms with Crippen LogP contribution in [0.2, 0.25) is 0 Å². The van der Waals surface area contributed by atoms with Crippen molar-refractivity contribution < 1.29 is 30.6 Å². The van der Waals surface area contributed by atoms with Crippen LogP contribution in [0.4, 0.5) is 18.9 Å². The van der Waals surface area contributed by atoms with E-state index in [1.165, 1.54) is 22.5 Å². The molecule has 5 rings (SSSR count). The number of rotatable bonds is 6. The lowest BCUT2D eigenvalue weighted by molar-refractivity contribution is -0.138. The van der Waals surface area contributed by atoms with E-state index in [9.17, 15) is 26.4 Å². The Morgan fingerprint density at radius 3 is 2.54 bits per heavy atom. The van der Waals surface area contributed by atoms with E-state index in [-0.39, 0.29) is 28.7 Å². The van der Waals surface area contributed by atoms with Crippen molar-refractivity contribution in [2.75, 3.05) is 11.2 Å². The lowest BCUT2D eigenvalue weighted by Crippen LogP contribution is -2.42. The Morgan fingerprint density at radius 1 is 1.22 bits per heavy atom. The van der Waals surface area contributed by atoms with Crippen molar-refractivity contribution >= 4 is 33.2 Å². The van der Waals surface area contributed by atoms with Gasteiger partial charge in [-0.2, -0.15) is 21.6 Å². The predicted octanol–water partition coefficient (Wildman–Crippen LogP) is 5.22. The van der Waals surface area contributed by atoms with Crippen molar-refractivity contribution in [3.63, 3.8) is 0 Å². The zero-order valence-corrected chi connectivity index (χ0v) is 21.9. The van der Waals surface area contributed by atoms with E-state index < -0.39 is 34.4 Å². The molecule has 0 saturated heterocycles. The smallest absolute Gasteiger partial charge is 0.304 e. The SMILES string of the molecule is Cc1snnc1C1(c2cccc(N3Cc4c(cc(COS(C)(=O)=O)cc4C(F)(F)F)C3=O)c2)CC(C)C1. The lowest BCUT2D eigenvalue weighted by atomic mass is 9.57. The van der Waals surface area contributed by atoms with E-state index in [0.717, 1.165) is 41.3 Å². The van der Waals surface area contributed by atoms with Gasteiger partial charge in [0.2, 0.25) is 0 Å². The fraction of sp³-hybridized carbons (Fsp3) is 0.400. The molecular formula is C25H24F3N3O4S2. The molecule has 0 spiro atoms. The number of hydrogen-bond donors (Lipinski definition) is 0. The number of carbonyl (C=O) groups excluding carboxylic acids is 1. The minimum absolute atomic E-state index is 0.0469. The Labute approximate surface area is 216 Å². The van der Waals surface area contributed by atoms with Gasteiger partial charge in [0.15, 0.2) is 0 Å². The highest BCUT2D eigenvalue weighted by molar-refractivity contribution is 7.85. The summed E-state index contributed by atoms with van der Waals surface area (Å²) >= 11 is 1.33. The number of carbonyl (C=O) groups is 1. The first-order chi connectivity index (χ1) is 17.3. The second-order valence-corrected chi connectivity index (χ2v) is 12.5. The minimum atomic E-state index is -4.73. The first kappa shape index (κ1) is 25.8. The second-order valence-electron chi connectivity index (χ2n) is 9.85. The summed E-state index contributed by atoms with van der Waals surface area (Å²) in [5.41, 5.74) is 0.707. The van der Waals surface area contributed by atoms with Gasteiger partial charge in [-0.1, -0.05) is 23.5 Å². The summed E-state index contributed by atoms with van der Waals surface area (Å²) in [5.74, 6) is -0.106. The van der Waals surface area contributed by atoms with Crippen molar-refractivity contribution in [1.82, 2.24) is 9.59 Å². The number of fused-ring (bicyclic) bond motifs is 1. The van der Waals surface area contributed by atoms with Gasteiger partial charge in [0.1, 0.15) is 0 Å². The van der Waals surface area contributed by atoms with Crippen LogP contribution in [0.5, 0.6) is 0 Å². The molecule has 37 heavy (non-hydrogen) atoms. The van der Waals surface area contributed by atoms with Gasteiger partial charge in [-0.25, -0.2) is 0 Å². The third-order valence-electron chi connectivity index (χ3n) is 7.06. The normalized spacial score (nSPS) is 21.7. The van der Waals surface area contributed by atoms with E-state index in [0.29, 0.717) is 11.6 Å². The van der Waals surface area contributed by atoms with Gasteiger partial charge in [-0.05, 0) is 78.2 Å². The summed E-state index contributed by atoms with van der Waals surface area (Å²) in [6, 6.07) is 9.45. The van der Waals surface area contributed by atoms with Crippen LogP contribution < -0.4 is 4.90 Å². The molecule has 3 aromatic rings. The van der Waals surface area contributed by atoms with Gasteiger partial charge in [-0.3, -0.25) is 8.98 Å². The number of aryl methyl sites for hydroxylation is 1. The predicted molar refractivity (Wildman–Crippen MR) is 132 cm³/mol. The number of hydrogen-bond acceptors (Lipinski definition) is 7. The highest BCUT2D eigenvalue weighted by Gasteiger charge is 2.48. The average molecular weight is 552 g/mol. The molecule has 2 heterocycles. The van der Waals surface area contributed by atoms with Gasteiger partial charge >= 0.3 is 6.18 Å². The molecule has 2 aliphatic rings. The van der Waals surface area contributed by atoms with Gasteiger partial charge in [0.05, 0.1) is 30.7 Å². The van der Waals surface area contributed by atoms with E-state index in [4.69, 9.17) is 0 Å². The molecule has 1 aliphatic heterocycles. The quantitative estimate of drug-likeness (QED) is 0.391. The van der Waals surface area contributed by atoms with E-state index in [1.54, 1.807) is 12.1 Å². The first-order valence-electron chi connectivity index (χ1n) is 11.6. The van der Waals surface area contributed by atoms with Gasteiger partial charge in [-0.15, -0.1) is 5.10 Å². The summed E-state index contributed by atoms with van der Waals surface area (Å²) in [4.78, 5) is 15.7. The number of amides is 1. The van der Waals surface area contributed by atoms with Crippen LogP contribution in [0, 0.1) is 12.8 Å². The molecule has 12 heteroatoms. The molecule has 0 N–H and O–H groups in total. The van der Waals surface area contributed by atoms with Crippen LogP contribution in [-0.4, -0.2) is 30.2 Å². The lowest BCUT2D eigenvalue weighted by Gasteiger charge is -2.46. The van der Waals surface area contributed by atoms with Gasteiger partial charge in [0, 0.05) is 21.5 Å². The third kappa shape index (κ3) is 4.66. The summed E-state index contributed by atoms with van der Waals surface area (Å²) < 4.78 is 73.4.